The van der Waals surface area contributed by atoms with E-state index in [2.05, 4.69) is 33.0 Å². The number of hydrogen-bond acceptors (Lipinski definition) is 3. The number of carbonyl (C=O) groups is 2. The predicted molar refractivity (Wildman–Crippen MR) is 72.0 cm³/mol. The van der Waals surface area contributed by atoms with Crippen molar-refractivity contribution in [2.75, 3.05) is 13.2 Å². The van der Waals surface area contributed by atoms with Crippen LogP contribution in [0.1, 0.15) is 47.5 Å². The van der Waals surface area contributed by atoms with Gasteiger partial charge >= 0.3 is 5.97 Å². The van der Waals surface area contributed by atoms with Gasteiger partial charge in [0, 0.05) is 13.0 Å². The molecule has 0 atom stereocenters. The molecule has 0 aliphatic rings. The molecule has 0 aromatic carbocycles. The quantitative estimate of drug-likeness (QED) is 0.679. The average molecular weight is 257 g/mol. The van der Waals surface area contributed by atoms with Crippen LogP contribution < -0.4 is 5.32 Å². The minimum atomic E-state index is -0.308. The van der Waals surface area contributed by atoms with Crippen LogP contribution in [0, 0.1) is 17.8 Å². The molecule has 0 heterocycles. The van der Waals surface area contributed by atoms with Crippen molar-refractivity contribution < 1.29 is 14.3 Å². The zero-order chi connectivity index (χ0) is 14.1. The lowest BCUT2D eigenvalue weighted by Crippen LogP contribution is -2.34. The molecule has 1 N–H and O–H groups in total. The Morgan fingerprint density at radius 1 is 1.06 bits per heavy atom. The molecular formula is C14H27NO3. The molecule has 0 aromatic rings. The third kappa shape index (κ3) is 7.30. The van der Waals surface area contributed by atoms with Crippen molar-refractivity contribution in [2.24, 2.45) is 17.8 Å². The van der Waals surface area contributed by atoms with E-state index in [9.17, 15) is 9.59 Å². The summed E-state index contributed by atoms with van der Waals surface area (Å²) in [5, 5.41) is 2.90. The summed E-state index contributed by atoms with van der Waals surface area (Å²) in [6.45, 7) is 11.4. The van der Waals surface area contributed by atoms with E-state index in [0.717, 1.165) is 0 Å². The normalized spacial score (nSPS) is 11.1. The summed E-state index contributed by atoms with van der Waals surface area (Å²) in [4.78, 5) is 22.7. The molecule has 0 spiro atoms. The standard InChI is InChI=1S/C14H27NO3/c1-6-18-14(17)8-7-13(16)15-9-12(10(2)3)11(4)5/h10-12H,6-9H2,1-5H3,(H,15,16). The van der Waals surface area contributed by atoms with Gasteiger partial charge in [-0.05, 0) is 24.7 Å². The van der Waals surface area contributed by atoms with Gasteiger partial charge in [0.05, 0.1) is 13.0 Å². The number of amides is 1. The number of hydrogen-bond donors (Lipinski definition) is 1. The first-order chi connectivity index (χ1) is 8.38. The van der Waals surface area contributed by atoms with Crippen molar-refractivity contribution in [1.29, 1.82) is 0 Å². The second-order valence-corrected chi connectivity index (χ2v) is 5.26. The lowest BCUT2D eigenvalue weighted by atomic mass is 9.85. The smallest absolute Gasteiger partial charge is 0.306 e. The first-order valence-electron chi connectivity index (χ1n) is 6.80. The van der Waals surface area contributed by atoms with Crippen molar-refractivity contribution in [3.05, 3.63) is 0 Å². The Hall–Kier alpha value is -1.06. The van der Waals surface area contributed by atoms with Gasteiger partial charge in [0.15, 0.2) is 0 Å². The molecular weight excluding hydrogens is 230 g/mol. The van der Waals surface area contributed by atoms with Crippen LogP contribution in [-0.4, -0.2) is 25.0 Å². The number of rotatable bonds is 8. The third-order valence-electron chi connectivity index (χ3n) is 3.11. The third-order valence-corrected chi connectivity index (χ3v) is 3.11. The lowest BCUT2D eigenvalue weighted by Gasteiger charge is -2.25. The fourth-order valence-corrected chi connectivity index (χ4v) is 2.01. The van der Waals surface area contributed by atoms with Gasteiger partial charge in [0.2, 0.25) is 5.91 Å². The molecule has 0 saturated heterocycles. The Morgan fingerprint density at radius 3 is 2.06 bits per heavy atom. The summed E-state index contributed by atoms with van der Waals surface area (Å²) in [6, 6.07) is 0. The van der Waals surface area contributed by atoms with E-state index in [4.69, 9.17) is 4.74 Å². The van der Waals surface area contributed by atoms with Crippen molar-refractivity contribution in [2.45, 2.75) is 47.5 Å². The SMILES string of the molecule is CCOC(=O)CCC(=O)NCC(C(C)C)C(C)C. The monoisotopic (exact) mass is 257 g/mol. The minimum Gasteiger partial charge on any atom is -0.466 e. The Kier molecular flexibility index (Phi) is 8.42. The molecule has 0 aromatic heterocycles. The summed E-state index contributed by atoms with van der Waals surface area (Å²) in [5.41, 5.74) is 0. The first-order valence-corrected chi connectivity index (χ1v) is 6.80. The molecule has 0 unspecified atom stereocenters. The Morgan fingerprint density at radius 2 is 1.61 bits per heavy atom. The van der Waals surface area contributed by atoms with Crippen LogP contribution in [-0.2, 0) is 14.3 Å². The van der Waals surface area contributed by atoms with E-state index >= 15 is 0 Å². The highest BCUT2D eigenvalue weighted by molar-refractivity contribution is 5.81. The highest BCUT2D eigenvalue weighted by Gasteiger charge is 2.18. The average Bonchev–Trinajstić information content (AvgIpc) is 2.26. The Labute approximate surface area is 110 Å². The highest BCUT2D eigenvalue weighted by Crippen LogP contribution is 2.19. The van der Waals surface area contributed by atoms with Crippen molar-refractivity contribution in [3.8, 4) is 0 Å². The number of nitrogens with one attached hydrogen (secondary N) is 1. The van der Waals surface area contributed by atoms with Gasteiger partial charge < -0.3 is 10.1 Å². The predicted octanol–water partition coefficient (Wildman–Crippen LogP) is 2.37. The number of esters is 1. The molecule has 0 aliphatic heterocycles. The van der Waals surface area contributed by atoms with Crippen LogP contribution in [0.3, 0.4) is 0 Å². The summed E-state index contributed by atoms with van der Waals surface area (Å²) in [6.07, 6.45) is 0.370. The van der Waals surface area contributed by atoms with Crippen molar-refractivity contribution in [3.63, 3.8) is 0 Å². The van der Waals surface area contributed by atoms with Crippen LogP contribution in [0.2, 0.25) is 0 Å². The van der Waals surface area contributed by atoms with E-state index in [1.54, 1.807) is 6.92 Å². The number of carbonyl (C=O) groups excluding carboxylic acids is 2. The van der Waals surface area contributed by atoms with Crippen molar-refractivity contribution in [1.82, 2.24) is 5.32 Å². The highest BCUT2D eigenvalue weighted by atomic mass is 16.5. The van der Waals surface area contributed by atoms with Crippen LogP contribution >= 0.6 is 0 Å². The molecule has 4 nitrogen and oxygen atoms in total. The first kappa shape index (κ1) is 16.9. The molecule has 18 heavy (non-hydrogen) atoms. The van der Waals surface area contributed by atoms with Crippen molar-refractivity contribution >= 4 is 11.9 Å². The largest absolute Gasteiger partial charge is 0.466 e. The number of ether oxygens (including phenoxy) is 1. The molecule has 106 valence electrons. The van der Waals surface area contributed by atoms with Gasteiger partial charge in [0.1, 0.15) is 0 Å². The molecule has 4 heteroatoms. The van der Waals surface area contributed by atoms with Gasteiger partial charge in [-0.1, -0.05) is 27.7 Å². The minimum absolute atomic E-state index is 0.0747. The molecule has 1 amide bonds. The molecule has 0 fully saturated rings. The summed E-state index contributed by atoms with van der Waals surface area (Å²) < 4.78 is 4.78. The van der Waals surface area contributed by atoms with Gasteiger partial charge in [-0.25, -0.2) is 0 Å². The van der Waals surface area contributed by atoms with Crippen LogP contribution in [0.15, 0.2) is 0 Å². The second-order valence-electron chi connectivity index (χ2n) is 5.26. The molecule has 0 aliphatic carbocycles. The fourth-order valence-electron chi connectivity index (χ4n) is 2.01. The van der Waals surface area contributed by atoms with E-state index in [-0.39, 0.29) is 24.7 Å². The summed E-state index contributed by atoms with van der Waals surface area (Å²) >= 11 is 0. The van der Waals surface area contributed by atoms with E-state index in [0.29, 0.717) is 30.9 Å². The molecule has 0 saturated carbocycles. The molecule has 0 rings (SSSR count). The van der Waals surface area contributed by atoms with E-state index in [1.165, 1.54) is 0 Å². The summed E-state index contributed by atoms with van der Waals surface area (Å²) in [5.74, 6) is 1.16. The molecule has 0 bridgehead atoms. The zero-order valence-electron chi connectivity index (χ0n) is 12.3. The van der Waals surface area contributed by atoms with Gasteiger partial charge in [-0.15, -0.1) is 0 Å². The lowest BCUT2D eigenvalue weighted by molar-refractivity contribution is -0.144. The van der Waals surface area contributed by atoms with E-state index in [1.807, 2.05) is 0 Å². The fraction of sp³-hybridized carbons (Fsp3) is 0.857. The maximum atomic E-state index is 11.6. The Bertz CT molecular complexity index is 254. The molecule has 0 radical (unpaired) electrons. The maximum absolute atomic E-state index is 11.6. The van der Waals surface area contributed by atoms with Crippen LogP contribution in [0.5, 0.6) is 0 Å². The second kappa shape index (κ2) is 8.95. The summed E-state index contributed by atoms with van der Waals surface area (Å²) in [7, 11) is 0. The van der Waals surface area contributed by atoms with Crippen LogP contribution in [0.4, 0.5) is 0 Å². The van der Waals surface area contributed by atoms with Gasteiger partial charge in [-0.2, -0.15) is 0 Å². The zero-order valence-corrected chi connectivity index (χ0v) is 12.3. The Balaban J connectivity index is 3.91. The van der Waals surface area contributed by atoms with Gasteiger partial charge in [0.25, 0.3) is 0 Å². The topological polar surface area (TPSA) is 55.4 Å². The van der Waals surface area contributed by atoms with E-state index < -0.39 is 0 Å². The van der Waals surface area contributed by atoms with Crippen LogP contribution in [0.25, 0.3) is 0 Å². The van der Waals surface area contributed by atoms with Gasteiger partial charge in [-0.3, -0.25) is 9.59 Å². The maximum Gasteiger partial charge on any atom is 0.306 e.